The number of hydrogen-bond acceptors (Lipinski definition) is 2. The summed E-state index contributed by atoms with van der Waals surface area (Å²) in [5.74, 6) is 0. The molecule has 1 saturated heterocycles. The van der Waals surface area contributed by atoms with Gasteiger partial charge in [0.25, 0.3) is 0 Å². The minimum absolute atomic E-state index is 0.438. The van der Waals surface area contributed by atoms with Gasteiger partial charge in [-0.05, 0) is 32.7 Å². The van der Waals surface area contributed by atoms with E-state index in [1.165, 1.54) is 18.4 Å². The van der Waals surface area contributed by atoms with E-state index in [4.69, 9.17) is 4.74 Å². The first-order valence-corrected chi connectivity index (χ1v) is 5.24. The van der Waals surface area contributed by atoms with Crippen molar-refractivity contribution >= 4 is 0 Å². The van der Waals surface area contributed by atoms with Crippen molar-refractivity contribution in [3.8, 4) is 0 Å². The zero-order valence-electron chi connectivity index (χ0n) is 8.81. The van der Waals surface area contributed by atoms with Crippen LogP contribution in [0.1, 0.15) is 33.1 Å². The van der Waals surface area contributed by atoms with Gasteiger partial charge in [-0.1, -0.05) is 19.1 Å². The summed E-state index contributed by atoms with van der Waals surface area (Å²) in [5.41, 5.74) is 1.22. The van der Waals surface area contributed by atoms with Crippen molar-refractivity contribution in [2.24, 2.45) is 0 Å². The molecule has 1 heterocycles. The molecule has 1 rings (SSSR count). The van der Waals surface area contributed by atoms with E-state index >= 15 is 0 Å². The first-order valence-electron chi connectivity index (χ1n) is 5.24. The summed E-state index contributed by atoms with van der Waals surface area (Å²) in [7, 11) is 0. The highest BCUT2D eigenvalue weighted by atomic mass is 16.5. The van der Waals surface area contributed by atoms with Crippen LogP contribution in [0.5, 0.6) is 0 Å². The smallest absolute Gasteiger partial charge is 0.0594 e. The monoisotopic (exact) mass is 183 g/mol. The summed E-state index contributed by atoms with van der Waals surface area (Å²) in [6.07, 6.45) is 3.98. The van der Waals surface area contributed by atoms with Crippen LogP contribution >= 0.6 is 0 Å². The Morgan fingerprint density at radius 3 is 2.92 bits per heavy atom. The van der Waals surface area contributed by atoms with Gasteiger partial charge in [0.2, 0.25) is 0 Å². The molecule has 0 aromatic heterocycles. The minimum Gasteiger partial charge on any atom is -0.378 e. The molecule has 2 heteroatoms. The molecular weight excluding hydrogens is 162 g/mol. The summed E-state index contributed by atoms with van der Waals surface area (Å²) in [5, 5.41) is 3.43. The van der Waals surface area contributed by atoms with E-state index in [1.807, 2.05) is 0 Å². The van der Waals surface area contributed by atoms with Crippen LogP contribution in [0.4, 0.5) is 0 Å². The molecule has 0 aromatic carbocycles. The SMILES string of the molecule is C=C(C)C(CC1CCCO1)NCC. The molecule has 0 amide bonds. The Balaban J connectivity index is 2.32. The maximum absolute atomic E-state index is 5.60. The molecular formula is C11H21NO. The molecule has 2 nitrogen and oxygen atoms in total. The molecule has 1 aliphatic rings. The van der Waals surface area contributed by atoms with Gasteiger partial charge in [-0.25, -0.2) is 0 Å². The Kier molecular flexibility index (Phi) is 4.46. The van der Waals surface area contributed by atoms with Crippen molar-refractivity contribution in [1.29, 1.82) is 0 Å². The van der Waals surface area contributed by atoms with Crippen LogP contribution < -0.4 is 5.32 Å². The standard InChI is InChI=1S/C11H21NO/c1-4-12-11(9(2)3)8-10-6-5-7-13-10/h10-12H,2,4-8H2,1,3H3. The fraction of sp³-hybridized carbons (Fsp3) is 0.818. The average Bonchev–Trinajstić information content (AvgIpc) is 2.56. The predicted molar refractivity (Wildman–Crippen MR) is 55.9 cm³/mol. The van der Waals surface area contributed by atoms with E-state index in [-0.39, 0.29) is 0 Å². The van der Waals surface area contributed by atoms with Gasteiger partial charge in [0.1, 0.15) is 0 Å². The maximum Gasteiger partial charge on any atom is 0.0594 e. The zero-order valence-corrected chi connectivity index (χ0v) is 8.81. The maximum atomic E-state index is 5.60. The van der Waals surface area contributed by atoms with Gasteiger partial charge >= 0.3 is 0 Å². The Morgan fingerprint density at radius 2 is 2.46 bits per heavy atom. The van der Waals surface area contributed by atoms with Gasteiger partial charge in [0.05, 0.1) is 6.10 Å². The minimum atomic E-state index is 0.438. The van der Waals surface area contributed by atoms with Crippen molar-refractivity contribution < 1.29 is 4.74 Å². The average molecular weight is 183 g/mol. The summed E-state index contributed by atoms with van der Waals surface area (Å²) in [6, 6.07) is 0.438. The van der Waals surface area contributed by atoms with Gasteiger partial charge in [-0.3, -0.25) is 0 Å². The van der Waals surface area contributed by atoms with Crippen molar-refractivity contribution in [3.63, 3.8) is 0 Å². The summed E-state index contributed by atoms with van der Waals surface area (Å²) in [6.45, 7) is 10.2. The first-order chi connectivity index (χ1) is 6.24. The molecule has 0 bridgehead atoms. The van der Waals surface area contributed by atoms with Crippen molar-refractivity contribution in [2.75, 3.05) is 13.2 Å². The van der Waals surface area contributed by atoms with Crippen LogP contribution in [0.3, 0.4) is 0 Å². The van der Waals surface area contributed by atoms with E-state index in [0.29, 0.717) is 12.1 Å². The van der Waals surface area contributed by atoms with Crippen molar-refractivity contribution in [2.45, 2.75) is 45.3 Å². The van der Waals surface area contributed by atoms with E-state index in [2.05, 4.69) is 25.7 Å². The zero-order chi connectivity index (χ0) is 9.68. The molecule has 76 valence electrons. The second-order valence-corrected chi connectivity index (χ2v) is 3.83. The predicted octanol–water partition coefficient (Wildman–Crippen LogP) is 2.11. The lowest BCUT2D eigenvalue weighted by Gasteiger charge is -2.21. The molecule has 1 N–H and O–H groups in total. The quantitative estimate of drug-likeness (QED) is 0.659. The third-order valence-corrected chi connectivity index (χ3v) is 2.57. The Bertz CT molecular complexity index is 161. The van der Waals surface area contributed by atoms with E-state index < -0.39 is 0 Å². The third kappa shape index (κ3) is 3.49. The molecule has 1 aliphatic heterocycles. The lowest BCUT2D eigenvalue weighted by Crippen LogP contribution is -2.33. The topological polar surface area (TPSA) is 21.3 Å². The van der Waals surface area contributed by atoms with Crippen molar-refractivity contribution in [3.05, 3.63) is 12.2 Å². The molecule has 0 spiro atoms. The Morgan fingerprint density at radius 1 is 1.69 bits per heavy atom. The highest BCUT2D eigenvalue weighted by molar-refractivity contribution is 5.02. The Labute approximate surface area is 81.4 Å². The van der Waals surface area contributed by atoms with Crippen LogP contribution in [0.2, 0.25) is 0 Å². The van der Waals surface area contributed by atoms with Crippen LogP contribution in [0, 0.1) is 0 Å². The summed E-state index contributed by atoms with van der Waals surface area (Å²) < 4.78 is 5.60. The normalized spacial score (nSPS) is 24.6. The van der Waals surface area contributed by atoms with E-state index in [0.717, 1.165) is 19.6 Å². The molecule has 0 saturated carbocycles. The Hall–Kier alpha value is -0.340. The lowest BCUT2D eigenvalue weighted by molar-refractivity contribution is 0.0980. The number of rotatable bonds is 5. The van der Waals surface area contributed by atoms with Crippen LogP contribution in [-0.4, -0.2) is 25.3 Å². The molecule has 1 fully saturated rings. The largest absolute Gasteiger partial charge is 0.378 e. The number of nitrogens with one attached hydrogen (secondary N) is 1. The summed E-state index contributed by atoms with van der Waals surface area (Å²) >= 11 is 0. The second kappa shape index (κ2) is 5.40. The molecule has 0 aromatic rings. The number of likely N-dealkylation sites (N-methyl/N-ethyl adjacent to an activating group) is 1. The van der Waals surface area contributed by atoms with E-state index in [1.54, 1.807) is 0 Å². The summed E-state index contributed by atoms with van der Waals surface area (Å²) in [4.78, 5) is 0. The van der Waals surface area contributed by atoms with Gasteiger partial charge < -0.3 is 10.1 Å². The van der Waals surface area contributed by atoms with E-state index in [9.17, 15) is 0 Å². The third-order valence-electron chi connectivity index (χ3n) is 2.57. The molecule has 13 heavy (non-hydrogen) atoms. The van der Waals surface area contributed by atoms with Crippen molar-refractivity contribution in [1.82, 2.24) is 5.32 Å². The van der Waals surface area contributed by atoms with Gasteiger partial charge in [-0.15, -0.1) is 0 Å². The number of hydrogen-bond donors (Lipinski definition) is 1. The highest BCUT2D eigenvalue weighted by Gasteiger charge is 2.20. The van der Waals surface area contributed by atoms with Crippen LogP contribution in [0.15, 0.2) is 12.2 Å². The first kappa shape index (κ1) is 10.7. The molecule has 0 radical (unpaired) electrons. The lowest BCUT2D eigenvalue weighted by atomic mass is 10.0. The molecule has 2 unspecified atom stereocenters. The molecule has 2 atom stereocenters. The molecule has 0 aliphatic carbocycles. The highest BCUT2D eigenvalue weighted by Crippen LogP contribution is 2.19. The fourth-order valence-electron chi connectivity index (χ4n) is 1.80. The van der Waals surface area contributed by atoms with Crippen LogP contribution in [0.25, 0.3) is 0 Å². The second-order valence-electron chi connectivity index (χ2n) is 3.83. The van der Waals surface area contributed by atoms with Crippen LogP contribution in [-0.2, 0) is 4.74 Å². The van der Waals surface area contributed by atoms with Gasteiger partial charge in [-0.2, -0.15) is 0 Å². The fourth-order valence-corrected chi connectivity index (χ4v) is 1.80. The van der Waals surface area contributed by atoms with Gasteiger partial charge in [0, 0.05) is 12.6 Å². The van der Waals surface area contributed by atoms with Gasteiger partial charge in [0.15, 0.2) is 0 Å². The number of ether oxygens (including phenoxy) is 1.